The van der Waals surface area contributed by atoms with Crippen LogP contribution in [0.3, 0.4) is 0 Å². The first-order valence-corrected chi connectivity index (χ1v) is 15.1. The van der Waals surface area contributed by atoms with Gasteiger partial charge in [-0.2, -0.15) is 0 Å². The molecule has 2 aromatic carbocycles. The number of methoxy groups -OCH3 is 1. The third-order valence-corrected chi connectivity index (χ3v) is 8.61. The maximum Gasteiger partial charge on any atom is 0.254 e. The van der Waals surface area contributed by atoms with E-state index in [-0.39, 0.29) is 43.0 Å². The minimum Gasteiger partial charge on any atom is -0.491 e. The molecule has 3 amide bonds. The summed E-state index contributed by atoms with van der Waals surface area (Å²) in [4.78, 5) is 48.0. The predicted molar refractivity (Wildman–Crippen MR) is 161 cm³/mol. The molecule has 11 nitrogen and oxygen atoms in total. The van der Waals surface area contributed by atoms with Crippen molar-refractivity contribution in [2.45, 2.75) is 31.1 Å². The first kappa shape index (κ1) is 30.9. The van der Waals surface area contributed by atoms with Gasteiger partial charge in [0.05, 0.1) is 19.3 Å². The molecule has 232 valence electrons. The molecule has 0 radical (unpaired) electrons. The summed E-state index contributed by atoms with van der Waals surface area (Å²) in [5, 5.41) is 2.79. The van der Waals surface area contributed by atoms with Crippen molar-refractivity contribution in [2.24, 2.45) is 0 Å². The zero-order valence-electron chi connectivity index (χ0n) is 25.2. The van der Waals surface area contributed by atoms with Crippen LogP contribution in [0.4, 0.5) is 0 Å². The van der Waals surface area contributed by atoms with Gasteiger partial charge in [0.2, 0.25) is 11.8 Å². The van der Waals surface area contributed by atoms with Gasteiger partial charge in [-0.15, -0.1) is 0 Å². The van der Waals surface area contributed by atoms with Gasteiger partial charge in [-0.25, -0.2) is 0 Å². The molecule has 3 aliphatic heterocycles. The van der Waals surface area contributed by atoms with Crippen molar-refractivity contribution < 1.29 is 28.6 Å². The Morgan fingerprint density at radius 2 is 1.79 bits per heavy atom. The summed E-state index contributed by atoms with van der Waals surface area (Å²) in [6.07, 6.45) is 0.802. The Morgan fingerprint density at radius 3 is 2.56 bits per heavy atom. The topological polar surface area (TPSA) is 104 Å². The van der Waals surface area contributed by atoms with E-state index in [0.29, 0.717) is 37.6 Å². The number of amides is 3. The largest absolute Gasteiger partial charge is 0.491 e. The molecule has 43 heavy (non-hydrogen) atoms. The van der Waals surface area contributed by atoms with Gasteiger partial charge < -0.3 is 29.3 Å². The Bertz CT molecular complexity index is 1240. The highest BCUT2D eigenvalue weighted by Gasteiger charge is 2.39. The molecule has 11 heteroatoms. The minimum absolute atomic E-state index is 0.103. The molecule has 0 saturated carbocycles. The second-order valence-corrected chi connectivity index (χ2v) is 11.5. The van der Waals surface area contributed by atoms with Crippen LogP contribution in [0.1, 0.15) is 22.3 Å². The lowest BCUT2D eigenvalue weighted by molar-refractivity contribution is -0.140. The van der Waals surface area contributed by atoms with Gasteiger partial charge in [-0.05, 0) is 30.2 Å². The van der Waals surface area contributed by atoms with Crippen molar-refractivity contribution in [3.8, 4) is 5.75 Å². The Hall–Kier alpha value is -3.51. The normalized spacial score (nSPS) is 24.3. The average molecular weight is 594 g/mol. The van der Waals surface area contributed by atoms with Crippen molar-refractivity contribution in [1.82, 2.24) is 24.9 Å². The SMILES string of the molecule is COCCNC(=O)[C@@H]1COCC(=O)N2C[C@@H](N3CCN(Cc4ccccc4)CC3)C[C@H]2COc2cccc(c2)C(=O)N1C. The fourth-order valence-corrected chi connectivity index (χ4v) is 6.10. The maximum absolute atomic E-state index is 13.5. The quantitative estimate of drug-likeness (QED) is 0.476. The second-order valence-electron chi connectivity index (χ2n) is 11.5. The van der Waals surface area contributed by atoms with Crippen molar-refractivity contribution >= 4 is 17.7 Å². The summed E-state index contributed by atoms with van der Waals surface area (Å²) in [5.74, 6) is -0.292. The van der Waals surface area contributed by atoms with Crippen LogP contribution in [0.2, 0.25) is 0 Å². The number of hydrogen-bond acceptors (Lipinski definition) is 8. The van der Waals surface area contributed by atoms with Crippen molar-refractivity contribution in [3.63, 3.8) is 0 Å². The van der Waals surface area contributed by atoms with E-state index in [2.05, 4.69) is 39.4 Å². The van der Waals surface area contributed by atoms with Crippen LogP contribution in [-0.4, -0.2) is 135 Å². The zero-order chi connectivity index (χ0) is 30.2. The van der Waals surface area contributed by atoms with E-state index in [4.69, 9.17) is 14.2 Å². The van der Waals surface area contributed by atoms with E-state index in [0.717, 1.165) is 39.1 Å². The lowest BCUT2D eigenvalue weighted by Crippen LogP contribution is -2.51. The summed E-state index contributed by atoms with van der Waals surface area (Å²) in [7, 11) is 3.11. The number of rotatable bonds is 7. The monoisotopic (exact) mass is 593 g/mol. The highest BCUT2D eigenvalue weighted by atomic mass is 16.5. The Kier molecular flexibility index (Phi) is 10.6. The summed E-state index contributed by atoms with van der Waals surface area (Å²) in [6, 6.07) is 16.7. The number of hydrogen-bond donors (Lipinski definition) is 1. The molecule has 3 heterocycles. The van der Waals surface area contributed by atoms with Crippen LogP contribution < -0.4 is 10.1 Å². The number of benzene rings is 2. The van der Waals surface area contributed by atoms with Crippen LogP contribution >= 0.6 is 0 Å². The molecule has 5 rings (SSSR count). The van der Waals surface area contributed by atoms with Gasteiger partial charge in [0.15, 0.2) is 0 Å². The van der Waals surface area contributed by atoms with E-state index in [1.54, 1.807) is 32.4 Å². The fourth-order valence-electron chi connectivity index (χ4n) is 6.10. The third-order valence-electron chi connectivity index (χ3n) is 8.61. The van der Waals surface area contributed by atoms with E-state index in [1.807, 2.05) is 17.0 Å². The lowest BCUT2D eigenvalue weighted by atomic mass is 10.1. The molecular formula is C32H43N5O6. The molecule has 3 aliphatic rings. The predicted octanol–water partition coefficient (Wildman–Crippen LogP) is 1.09. The molecule has 0 aliphatic carbocycles. The van der Waals surface area contributed by atoms with Crippen LogP contribution in [0, 0.1) is 0 Å². The average Bonchev–Trinajstić information content (AvgIpc) is 3.46. The number of carbonyl (C=O) groups is 3. The molecule has 2 aromatic rings. The molecule has 1 N–H and O–H groups in total. The van der Waals surface area contributed by atoms with Gasteiger partial charge in [0.25, 0.3) is 5.91 Å². The molecule has 2 saturated heterocycles. The second kappa shape index (κ2) is 14.8. The number of piperazine rings is 1. The standard InChI is InChI=1S/C32H43N5O6/c1-34-29(31(39)33-11-16-41-2)22-42-23-30(38)37-20-26(18-27(37)21-43-28-10-6-9-25(17-28)32(34)40)36-14-12-35(13-15-36)19-24-7-4-3-5-8-24/h3-10,17,26-27,29H,11-16,18-23H2,1-2H3,(H,33,39)/t26-,27-,29-/m0/s1. The molecule has 0 unspecified atom stereocenters. The van der Waals surface area contributed by atoms with E-state index >= 15 is 0 Å². The number of fused-ring (bicyclic) bond motifs is 3. The zero-order valence-corrected chi connectivity index (χ0v) is 25.2. The molecule has 0 spiro atoms. The first-order valence-electron chi connectivity index (χ1n) is 15.1. The molecule has 3 atom stereocenters. The maximum atomic E-state index is 13.5. The van der Waals surface area contributed by atoms with Crippen LogP contribution in [0.5, 0.6) is 5.75 Å². The lowest BCUT2D eigenvalue weighted by Gasteiger charge is -2.38. The number of likely N-dealkylation sites (N-methyl/N-ethyl adjacent to an activating group) is 1. The fraction of sp³-hybridized carbons (Fsp3) is 0.531. The molecule has 2 fully saturated rings. The van der Waals surface area contributed by atoms with Gasteiger partial charge in [-0.1, -0.05) is 36.4 Å². The van der Waals surface area contributed by atoms with Crippen molar-refractivity contribution in [3.05, 3.63) is 65.7 Å². The van der Waals surface area contributed by atoms with Gasteiger partial charge in [0, 0.05) is 71.6 Å². The Labute approximate surface area is 253 Å². The summed E-state index contributed by atoms with van der Waals surface area (Å²) >= 11 is 0. The Morgan fingerprint density at radius 1 is 1.00 bits per heavy atom. The molecular weight excluding hydrogens is 550 g/mol. The third kappa shape index (κ3) is 7.91. The van der Waals surface area contributed by atoms with E-state index in [1.165, 1.54) is 10.5 Å². The van der Waals surface area contributed by atoms with Crippen molar-refractivity contribution in [2.75, 3.05) is 79.9 Å². The van der Waals surface area contributed by atoms with Crippen LogP contribution in [-0.2, 0) is 25.6 Å². The summed E-state index contributed by atoms with van der Waals surface area (Å²) in [6.45, 7) is 6.08. The van der Waals surface area contributed by atoms with E-state index < -0.39 is 6.04 Å². The van der Waals surface area contributed by atoms with Crippen LogP contribution in [0.15, 0.2) is 54.6 Å². The van der Waals surface area contributed by atoms with E-state index in [9.17, 15) is 14.4 Å². The van der Waals surface area contributed by atoms with Gasteiger partial charge >= 0.3 is 0 Å². The minimum atomic E-state index is -0.918. The van der Waals surface area contributed by atoms with Gasteiger partial charge in [-0.3, -0.25) is 24.2 Å². The smallest absolute Gasteiger partial charge is 0.254 e. The van der Waals surface area contributed by atoms with Crippen molar-refractivity contribution in [1.29, 1.82) is 0 Å². The Balaban J connectivity index is 1.26. The highest BCUT2D eigenvalue weighted by Crippen LogP contribution is 2.26. The number of nitrogens with one attached hydrogen (secondary N) is 1. The summed E-state index contributed by atoms with van der Waals surface area (Å²) in [5.41, 5.74) is 1.73. The highest BCUT2D eigenvalue weighted by molar-refractivity contribution is 5.97. The number of ether oxygens (including phenoxy) is 3. The summed E-state index contributed by atoms with van der Waals surface area (Å²) < 4.78 is 17.0. The molecule has 2 bridgehead atoms. The van der Waals surface area contributed by atoms with Gasteiger partial charge in [0.1, 0.15) is 25.0 Å². The number of carbonyl (C=O) groups excluding carboxylic acids is 3. The number of nitrogens with zero attached hydrogens (tertiary/aromatic N) is 4. The first-order chi connectivity index (χ1) is 20.9. The molecule has 0 aromatic heterocycles. The van der Waals surface area contributed by atoms with Crippen LogP contribution in [0.25, 0.3) is 0 Å².